The molecule has 0 unspecified atom stereocenters. The van der Waals surface area contributed by atoms with E-state index in [1.165, 1.54) is 12.1 Å². The maximum Gasteiger partial charge on any atom is 0.326 e. The molecular formula is C26H23FN2O4. The summed E-state index contributed by atoms with van der Waals surface area (Å²) in [6.45, 7) is 0.471. The van der Waals surface area contributed by atoms with Gasteiger partial charge in [0.15, 0.2) is 0 Å². The Morgan fingerprint density at radius 2 is 1.85 bits per heavy atom. The highest BCUT2D eigenvalue weighted by Crippen LogP contribution is 2.33. The molecule has 33 heavy (non-hydrogen) atoms. The number of fused-ring (bicyclic) bond motifs is 4. The number of ether oxygens (including phenoxy) is 1. The third-order valence-electron chi connectivity index (χ3n) is 6.16. The number of rotatable bonds is 5. The van der Waals surface area contributed by atoms with Crippen LogP contribution in [0.15, 0.2) is 60.7 Å². The third-order valence-corrected chi connectivity index (χ3v) is 6.16. The molecule has 6 nitrogen and oxygen atoms in total. The van der Waals surface area contributed by atoms with Crippen LogP contribution in [0, 0.1) is 5.82 Å². The zero-order valence-electron chi connectivity index (χ0n) is 18.0. The smallest absolute Gasteiger partial charge is 0.326 e. The van der Waals surface area contributed by atoms with E-state index < -0.39 is 5.97 Å². The van der Waals surface area contributed by atoms with E-state index in [-0.39, 0.29) is 31.5 Å². The van der Waals surface area contributed by atoms with Gasteiger partial charge in [-0.15, -0.1) is 0 Å². The number of nitrogens with zero attached hydrogens (tertiary/aromatic N) is 2. The van der Waals surface area contributed by atoms with Crippen molar-refractivity contribution in [1.82, 2.24) is 9.47 Å². The number of esters is 1. The SMILES string of the molecule is O=C(Cn1c2c(c3cc(F)ccc31)CN(C(=O)c1cccc3ccccc13)CC2)OCCO. The molecule has 0 saturated carbocycles. The maximum atomic E-state index is 14.1. The zero-order chi connectivity index (χ0) is 22.9. The number of hydrogen-bond acceptors (Lipinski definition) is 4. The van der Waals surface area contributed by atoms with E-state index in [9.17, 15) is 14.0 Å². The van der Waals surface area contributed by atoms with E-state index in [1.807, 2.05) is 47.0 Å². The highest BCUT2D eigenvalue weighted by molar-refractivity contribution is 6.07. The molecule has 1 aliphatic heterocycles. The normalized spacial score (nSPS) is 13.3. The molecule has 1 aliphatic rings. The summed E-state index contributed by atoms with van der Waals surface area (Å²) in [7, 11) is 0. The van der Waals surface area contributed by atoms with Crippen molar-refractivity contribution in [2.24, 2.45) is 0 Å². The zero-order valence-corrected chi connectivity index (χ0v) is 18.0. The molecule has 1 aromatic heterocycles. The van der Waals surface area contributed by atoms with Gasteiger partial charge in [-0.1, -0.05) is 36.4 Å². The van der Waals surface area contributed by atoms with Crippen LogP contribution in [0.25, 0.3) is 21.7 Å². The van der Waals surface area contributed by atoms with Gasteiger partial charge in [0.2, 0.25) is 0 Å². The van der Waals surface area contributed by atoms with E-state index >= 15 is 0 Å². The number of amides is 1. The van der Waals surface area contributed by atoms with Gasteiger partial charge in [0.1, 0.15) is 19.0 Å². The molecule has 1 N–H and O–H groups in total. The molecule has 0 spiro atoms. The second-order valence-electron chi connectivity index (χ2n) is 8.12. The number of benzene rings is 3. The summed E-state index contributed by atoms with van der Waals surface area (Å²) in [5.41, 5.74) is 3.11. The van der Waals surface area contributed by atoms with Crippen molar-refractivity contribution in [2.75, 3.05) is 19.8 Å². The highest BCUT2D eigenvalue weighted by Gasteiger charge is 2.28. The molecule has 5 rings (SSSR count). The van der Waals surface area contributed by atoms with Crippen molar-refractivity contribution in [1.29, 1.82) is 0 Å². The van der Waals surface area contributed by atoms with Crippen molar-refractivity contribution in [3.05, 3.63) is 83.3 Å². The number of carbonyl (C=O) groups is 2. The van der Waals surface area contributed by atoms with Crippen LogP contribution in [0.3, 0.4) is 0 Å². The summed E-state index contributed by atoms with van der Waals surface area (Å²) in [6.07, 6.45) is 0.537. The fourth-order valence-corrected chi connectivity index (χ4v) is 4.69. The van der Waals surface area contributed by atoms with E-state index in [4.69, 9.17) is 9.84 Å². The Morgan fingerprint density at radius 1 is 1.03 bits per heavy atom. The van der Waals surface area contributed by atoms with Gasteiger partial charge >= 0.3 is 5.97 Å². The van der Waals surface area contributed by atoms with Crippen LogP contribution in [-0.4, -0.2) is 46.2 Å². The summed E-state index contributed by atoms with van der Waals surface area (Å²) in [5, 5.41) is 11.5. The van der Waals surface area contributed by atoms with Crippen molar-refractivity contribution in [3.63, 3.8) is 0 Å². The Bertz CT molecular complexity index is 1370. The lowest BCUT2D eigenvalue weighted by atomic mass is 10.0. The van der Waals surface area contributed by atoms with Gasteiger partial charge in [0.25, 0.3) is 5.91 Å². The molecule has 0 bridgehead atoms. The predicted octanol–water partition coefficient (Wildman–Crippen LogP) is 3.67. The summed E-state index contributed by atoms with van der Waals surface area (Å²) < 4.78 is 21.0. The molecule has 1 amide bonds. The molecule has 7 heteroatoms. The molecule has 0 atom stereocenters. The van der Waals surface area contributed by atoms with Crippen LogP contribution in [0.4, 0.5) is 4.39 Å². The minimum absolute atomic E-state index is 0.0330. The third kappa shape index (κ3) is 3.85. The molecule has 0 aliphatic carbocycles. The fraction of sp³-hybridized carbons (Fsp3) is 0.231. The summed E-state index contributed by atoms with van der Waals surface area (Å²) in [5.74, 6) is -0.915. The van der Waals surface area contributed by atoms with Crippen molar-refractivity contribution in [3.8, 4) is 0 Å². The molecule has 3 aromatic carbocycles. The van der Waals surface area contributed by atoms with Crippen LogP contribution in [0.5, 0.6) is 0 Å². The molecule has 4 aromatic rings. The summed E-state index contributed by atoms with van der Waals surface area (Å²) in [4.78, 5) is 27.5. The van der Waals surface area contributed by atoms with E-state index in [2.05, 4.69) is 0 Å². The second kappa shape index (κ2) is 8.67. The van der Waals surface area contributed by atoms with Gasteiger partial charge in [-0.3, -0.25) is 9.59 Å². The lowest BCUT2D eigenvalue weighted by molar-refractivity contribution is -0.145. The molecule has 0 saturated heterocycles. The summed E-state index contributed by atoms with van der Waals surface area (Å²) in [6, 6.07) is 17.9. The standard InChI is InChI=1S/C26H23FN2O4/c27-18-8-9-23-21(14-18)22-15-28(11-10-24(22)29(23)16-25(31)33-13-12-30)26(32)20-7-3-5-17-4-1-2-6-19(17)20/h1-9,14,30H,10-13,15-16H2. The van der Waals surface area contributed by atoms with Crippen molar-refractivity contribution in [2.45, 2.75) is 19.5 Å². The monoisotopic (exact) mass is 446 g/mol. The topological polar surface area (TPSA) is 71.8 Å². The van der Waals surface area contributed by atoms with Gasteiger partial charge in [0, 0.05) is 47.2 Å². The largest absolute Gasteiger partial charge is 0.462 e. The van der Waals surface area contributed by atoms with Gasteiger partial charge in [-0.25, -0.2) is 4.39 Å². The first-order valence-electron chi connectivity index (χ1n) is 10.9. The van der Waals surface area contributed by atoms with E-state index in [0.29, 0.717) is 30.5 Å². The Kier molecular flexibility index (Phi) is 5.56. The van der Waals surface area contributed by atoms with E-state index in [1.54, 1.807) is 11.0 Å². The van der Waals surface area contributed by atoms with Crippen molar-refractivity contribution >= 4 is 33.6 Å². The van der Waals surface area contributed by atoms with Crippen LogP contribution >= 0.6 is 0 Å². The minimum Gasteiger partial charge on any atom is -0.462 e. The number of aliphatic hydroxyl groups is 1. The van der Waals surface area contributed by atoms with Gasteiger partial charge < -0.3 is 19.3 Å². The first-order valence-corrected chi connectivity index (χ1v) is 10.9. The lowest BCUT2D eigenvalue weighted by Crippen LogP contribution is -2.36. The minimum atomic E-state index is -0.470. The van der Waals surface area contributed by atoms with Gasteiger partial charge in [-0.2, -0.15) is 0 Å². The number of aliphatic hydroxyl groups excluding tert-OH is 1. The number of carbonyl (C=O) groups excluding carboxylic acids is 2. The summed E-state index contributed by atoms with van der Waals surface area (Å²) >= 11 is 0. The molecule has 0 radical (unpaired) electrons. The second-order valence-corrected chi connectivity index (χ2v) is 8.12. The maximum absolute atomic E-state index is 14.1. The number of aromatic nitrogens is 1. The Morgan fingerprint density at radius 3 is 2.70 bits per heavy atom. The molecule has 0 fully saturated rings. The average Bonchev–Trinajstić information content (AvgIpc) is 3.13. The number of halogens is 1. The Balaban J connectivity index is 1.51. The fourth-order valence-electron chi connectivity index (χ4n) is 4.69. The first-order chi connectivity index (χ1) is 16.1. The predicted molar refractivity (Wildman–Crippen MR) is 122 cm³/mol. The Labute approximate surface area is 189 Å². The first kappa shape index (κ1) is 21.2. The van der Waals surface area contributed by atoms with Crippen LogP contribution < -0.4 is 0 Å². The Hall–Kier alpha value is -3.71. The van der Waals surface area contributed by atoms with Gasteiger partial charge in [-0.05, 0) is 35.0 Å². The molecule has 168 valence electrons. The number of hydrogen-bond donors (Lipinski definition) is 1. The highest BCUT2D eigenvalue weighted by atomic mass is 19.1. The lowest BCUT2D eigenvalue weighted by Gasteiger charge is -2.29. The quantitative estimate of drug-likeness (QED) is 0.475. The van der Waals surface area contributed by atoms with Crippen molar-refractivity contribution < 1.29 is 23.8 Å². The van der Waals surface area contributed by atoms with Crippen LogP contribution in [0.2, 0.25) is 0 Å². The van der Waals surface area contributed by atoms with Gasteiger partial charge in [0.05, 0.1) is 6.61 Å². The molecular weight excluding hydrogens is 423 g/mol. The van der Waals surface area contributed by atoms with E-state index in [0.717, 1.165) is 27.5 Å². The molecule has 2 heterocycles. The van der Waals surface area contributed by atoms with Crippen LogP contribution in [0.1, 0.15) is 21.6 Å². The average molecular weight is 446 g/mol. The van der Waals surface area contributed by atoms with Crippen LogP contribution in [-0.2, 0) is 29.0 Å².